The zero-order valence-corrected chi connectivity index (χ0v) is 20.7. The number of nitrogens with one attached hydrogen (secondary N) is 2. The summed E-state index contributed by atoms with van der Waals surface area (Å²) in [5.74, 6) is -0.680. The smallest absolute Gasteiger partial charge is 0.240 e. The molecule has 4 N–H and O–H groups in total. The molecule has 0 saturated heterocycles. The minimum absolute atomic E-state index is 0.173. The first-order chi connectivity index (χ1) is 14.8. The first-order valence-electron chi connectivity index (χ1n) is 10.8. The third kappa shape index (κ3) is 5.07. The standard InChI is InChI=1S/C23H33N3O4S2/c1-14-6-10-19(11-7-14)31(27,28)25-22-16(3)21(24)17(4)23(18(22)5)26-32(29,30)20-12-8-15(2)9-13-20/h6-13,16-18,21-23,25-26H,24H2,1-5H3/t16-,17+,18?,21?,22-,23+. The van der Waals surface area contributed by atoms with Crippen molar-refractivity contribution >= 4 is 20.0 Å². The maximum Gasteiger partial charge on any atom is 0.240 e. The van der Waals surface area contributed by atoms with Crippen molar-refractivity contribution in [1.82, 2.24) is 9.44 Å². The van der Waals surface area contributed by atoms with Gasteiger partial charge in [-0.25, -0.2) is 26.3 Å². The lowest BCUT2D eigenvalue weighted by Crippen LogP contribution is -2.64. The second-order valence-corrected chi connectivity index (χ2v) is 12.5. The van der Waals surface area contributed by atoms with E-state index in [-0.39, 0.29) is 33.6 Å². The van der Waals surface area contributed by atoms with Gasteiger partial charge >= 0.3 is 0 Å². The van der Waals surface area contributed by atoms with Crippen molar-refractivity contribution in [2.45, 2.75) is 62.5 Å². The summed E-state index contributed by atoms with van der Waals surface area (Å²) in [6.07, 6.45) is 0. The molecule has 0 aromatic heterocycles. The van der Waals surface area contributed by atoms with Crippen LogP contribution in [0.3, 0.4) is 0 Å². The molecule has 2 aromatic rings. The lowest BCUT2D eigenvalue weighted by Gasteiger charge is -2.47. The van der Waals surface area contributed by atoms with Crippen LogP contribution in [-0.2, 0) is 20.0 Å². The van der Waals surface area contributed by atoms with Crippen LogP contribution >= 0.6 is 0 Å². The Morgan fingerprint density at radius 1 is 0.625 bits per heavy atom. The van der Waals surface area contributed by atoms with Crippen molar-refractivity contribution in [2.24, 2.45) is 23.5 Å². The molecule has 32 heavy (non-hydrogen) atoms. The van der Waals surface area contributed by atoms with Crippen molar-refractivity contribution < 1.29 is 16.8 Å². The third-order valence-corrected chi connectivity index (χ3v) is 9.68. The van der Waals surface area contributed by atoms with Crippen molar-refractivity contribution in [3.05, 3.63) is 59.7 Å². The first kappa shape index (κ1) is 24.9. The van der Waals surface area contributed by atoms with Gasteiger partial charge in [0.25, 0.3) is 0 Å². The van der Waals surface area contributed by atoms with Gasteiger partial charge in [0.15, 0.2) is 0 Å². The summed E-state index contributed by atoms with van der Waals surface area (Å²) in [5.41, 5.74) is 8.38. The van der Waals surface area contributed by atoms with E-state index in [4.69, 9.17) is 5.73 Å². The molecule has 1 saturated carbocycles. The van der Waals surface area contributed by atoms with Gasteiger partial charge in [-0.1, -0.05) is 56.2 Å². The van der Waals surface area contributed by atoms with E-state index in [9.17, 15) is 16.8 Å². The largest absolute Gasteiger partial charge is 0.327 e. The summed E-state index contributed by atoms with van der Waals surface area (Å²) in [6, 6.07) is 11.8. The number of sulfonamides is 2. The van der Waals surface area contributed by atoms with E-state index in [0.717, 1.165) is 11.1 Å². The molecule has 0 spiro atoms. The average Bonchev–Trinajstić information content (AvgIpc) is 2.73. The molecule has 0 radical (unpaired) electrons. The third-order valence-electron chi connectivity index (χ3n) is 6.73. The summed E-state index contributed by atoms with van der Waals surface area (Å²) in [5, 5.41) is 0. The highest BCUT2D eigenvalue weighted by Crippen LogP contribution is 2.35. The Labute approximate surface area is 191 Å². The molecule has 0 heterocycles. The van der Waals surface area contributed by atoms with Crippen LogP contribution in [0.5, 0.6) is 0 Å². The predicted molar refractivity (Wildman–Crippen MR) is 126 cm³/mol. The lowest BCUT2D eigenvalue weighted by atomic mass is 9.68. The first-order valence-corrected chi connectivity index (χ1v) is 13.7. The van der Waals surface area contributed by atoms with Crippen LogP contribution in [0.4, 0.5) is 0 Å². The highest BCUT2D eigenvalue weighted by Gasteiger charge is 2.46. The van der Waals surface area contributed by atoms with Crippen molar-refractivity contribution in [3.63, 3.8) is 0 Å². The van der Waals surface area contributed by atoms with Crippen LogP contribution in [-0.4, -0.2) is 35.0 Å². The molecular weight excluding hydrogens is 446 g/mol. The molecule has 0 bridgehead atoms. The second-order valence-electron chi connectivity index (χ2n) is 9.07. The van der Waals surface area contributed by atoms with E-state index in [0.29, 0.717) is 0 Å². The van der Waals surface area contributed by atoms with Gasteiger partial charge in [0, 0.05) is 18.1 Å². The van der Waals surface area contributed by atoms with Gasteiger partial charge in [-0.15, -0.1) is 0 Å². The van der Waals surface area contributed by atoms with Gasteiger partial charge in [-0.05, 0) is 55.9 Å². The molecule has 0 amide bonds. The van der Waals surface area contributed by atoms with E-state index < -0.39 is 32.1 Å². The van der Waals surface area contributed by atoms with E-state index in [1.807, 2.05) is 34.6 Å². The van der Waals surface area contributed by atoms with Gasteiger partial charge in [0.05, 0.1) is 9.79 Å². The fourth-order valence-electron chi connectivity index (χ4n) is 4.50. The Kier molecular flexibility index (Phi) is 7.17. The Morgan fingerprint density at radius 2 is 0.938 bits per heavy atom. The Morgan fingerprint density at radius 3 is 1.25 bits per heavy atom. The SMILES string of the molecule is Cc1ccc(S(=O)(=O)N[C@@H]2C(C)[C@H](NS(=O)(=O)c3ccc(C)cc3)[C@H](C)C(N)[C@@H]2C)cc1. The molecule has 7 nitrogen and oxygen atoms in total. The normalized spacial score (nSPS) is 29.1. The Balaban J connectivity index is 1.88. The molecular formula is C23H33N3O4S2. The molecule has 1 aliphatic carbocycles. The minimum Gasteiger partial charge on any atom is -0.327 e. The van der Waals surface area contributed by atoms with Crippen LogP contribution in [0.2, 0.25) is 0 Å². The quantitative estimate of drug-likeness (QED) is 0.588. The summed E-state index contributed by atoms with van der Waals surface area (Å²) < 4.78 is 57.8. The number of aryl methyl sites for hydroxylation is 2. The molecule has 1 fully saturated rings. The van der Waals surface area contributed by atoms with Crippen molar-refractivity contribution in [2.75, 3.05) is 0 Å². The number of rotatable bonds is 6. The van der Waals surface area contributed by atoms with Crippen LogP contribution in [0.25, 0.3) is 0 Å². The number of hydrogen-bond acceptors (Lipinski definition) is 5. The highest BCUT2D eigenvalue weighted by atomic mass is 32.2. The molecule has 2 unspecified atom stereocenters. The minimum atomic E-state index is -3.79. The molecule has 176 valence electrons. The molecule has 6 atom stereocenters. The van der Waals surface area contributed by atoms with E-state index in [1.165, 1.54) is 0 Å². The Hall–Kier alpha value is -1.78. The van der Waals surface area contributed by atoms with E-state index >= 15 is 0 Å². The molecule has 2 aromatic carbocycles. The van der Waals surface area contributed by atoms with Crippen LogP contribution in [0.15, 0.2) is 58.3 Å². The molecule has 3 rings (SSSR count). The van der Waals surface area contributed by atoms with Crippen LogP contribution < -0.4 is 15.2 Å². The topological polar surface area (TPSA) is 118 Å². The molecule has 0 aliphatic heterocycles. The zero-order valence-electron chi connectivity index (χ0n) is 19.1. The monoisotopic (exact) mass is 479 g/mol. The zero-order chi connectivity index (χ0) is 23.8. The lowest BCUT2D eigenvalue weighted by molar-refractivity contribution is 0.115. The fourth-order valence-corrected chi connectivity index (χ4v) is 7.33. The second kappa shape index (κ2) is 9.23. The average molecular weight is 480 g/mol. The summed E-state index contributed by atoms with van der Waals surface area (Å²) in [7, 11) is -7.58. The van der Waals surface area contributed by atoms with Gasteiger partial charge < -0.3 is 5.73 Å². The van der Waals surface area contributed by atoms with Gasteiger partial charge in [-0.2, -0.15) is 0 Å². The van der Waals surface area contributed by atoms with Crippen molar-refractivity contribution in [3.8, 4) is 0 Å². The highest BCUT2D eigenvalue weighted by molar-refractivity contribution is 7.89. The fraction of sp³-hybridized carbons (Fsp3) is 0.478. The molecule has 1 aliphatic rings. The molecule has 9 heteroatoms. The van der Waals surface area contributed by atoms with Gasteiger partial charge in [0.1, 0.15) is 0 Å². The van der Waals surface area contributed by atoms with Crippen LogP contribution in [0.1, 0.15) is 31.9 Å². The maximum atomic E-state index is 13.0. The number of nitrogens with two attached hydrogens (primary N) is 1. The van der Waals surface area contributed by atoms with Gasteiger partial charge in [-0.3, -0.25) is 0 Å². The summed E-state index contributed by atoms with van der Waals surface area (Å²) in [4.78, 5) is 0.345. The van der Waals surface area contributed by atoms with E-state index in [1.54, 1.807) is 48.5 Å². The van der Waals surface area contributed by atoms with Crippen LogP contribution in [0, 0.1) is 31.6 Å². The number of benzene rings is 2. The maximum absolute atomic E-state index is 13.0. The predicted octanol–water partition coefficient (Wildman–Crippen LogP) is 2.55. The van der Waals surface area contributed by atoms with Gasteiger partial charge in [0.2, 0.25) is 20.0 Å². The van der Waals surface area contributed by atoms with E-state index in [2.05, 4.69) is 9.44 Å². The summed E-state index contributed by atoms with van der Waals surface area (Å²) >= 11 is 0. The Bertz CT molecular complexity index is 1060. The van der Waals surface area contributed by atoms with Crippen molar-refractivity contribution in [1.29, 1.82) is 0 Å². The summed E-state index contributed by atoms with van der Waals surface area (Å²) in [6.45, 7) is 9.46. The number of hydrogen-bond donors (Lipinski definition) is 3.